The number of ether oxygens (including phenoxy) is 1. The van der Waals surface area contributed by atoms with Gasteiger partial charge in [0.2, 0.25) is 11.7 Å². The molecule has 1 amide bonds. The maximum Gasteiger partial charge on any atom is 0.265 e. The molecule has 4 aromatic rings. The number of anilines is 3. The van der Waals surface area contributed by atoms with Crippen LogP contribution in [-0.2, 0) is 11.3 Å². The molecular weight excluding hydrogens is 460 g/mol. The molecule has 0 radical (unpaired) electrons. The summed E-state index contributed by atoms with van der Waals surface area (Å²) in [5, 5.41) is 11.6. The molecule has 1 aliphatic rings. The van der Waals surface area contributed by atoms with Crippen molar-refractivity contribution >= 4 is 23.2 Å². The molecular formula is C25H28N8O3. The summed E-state index contributed by atoms with van der Waals surface area (Å²) in [5.74, 6) is 2.19. The molecule has 0 spiro atoms. The highest BCUT2D eigenvalue weighted by molar-refractivity contribution is 5.83. The highest BCUT2D eigenvalue weighted by Crippen LogP contribution is 2.33. The van der Waals surface area contributed by atoms with Crippen molar-refractivity contribution in [2.45, 2.75) is 6.54 Å². The van der Waals surface area contributed by atoms with Crippen LogP contribution in [0.3, 0.4) is 0 Å². The number of piperazine rings is 1. The number of nitrogens with zero attached hydrogens (tertiary/aromatic N) is 6. The Kier molecular flexibility index (Phi) is 6.44. The summed E-state index contributed by atoms with van der Waals surface area (Å²) in [5.41, 5.74) is 8.74. The molecule has 0 saturated carbocycles. The second kappa shape index (κ2) is 9.98. The molecule has 1 fully saturated rings. The van der Waals surface area contributed by atoms with E-state index in [1.54, 1.807) is 14.2 Å². The fraction of sp³-hybridized carbons (Fsp3) is 0.280. The Bertz CT molecular complexity index is 1340. The Balaban J connectivity index is 1.29. The number of nitrogens with one attached hydrogen (secondary N) is 1. The third-order valence-corrected chi connectivity index (χ3v) is 6.24. The van der Waals surface area contributed by atoms with Crippen LogP contribution in [0, 0.1) is 0 Å². The number of nitrogens with two attached hydrogens (primary N) is 1. The summed E-state index contributed by atoms with van der Waals surface area (Å²) in [6, 6.07) is 17.4. The fourth-order valence-electron chi connectivity index (χ4n) is 4.33. The molecule has 3 N–H and O–H groups in total. The lowest BCUT2D eigenvalue weighted by Crippen LogP contribution is -2.49. The van der Waals surface area contributed by atoms with Crippen LogP contribution < -0.4 is 20.7 Å². The van der Waals surface area contributed by atoms with Crippen molar-refractivity contribution < 1.29 is 14.1 Å². The third-order valence-electron chi connectivity index (χ3n) is 6.24. The lowest BCUT2D eigenvalue weighted by molar-refractivity contribution is -0.132. The molecule has 5 rings (SSSR count). The first-order chi connectivity index (χ1) is 17.6. The van der Waals surface area contributed by atoms with Gasteiger partial charge in [-0.25, -0.2) is 4.68 Å². The van der Waals surface area contributed by atoms with Crippen molar-refractivity contribution in [1.82, 2.24) is 24.8 Å². The SMILES string of the molecule is CNc1nn(CC(=O)N2CCN(c3ccccc3OC)CC2)c(N)c1-c1nc(-c2ccccc2)no1. The summed E-state index contributed by atoms with van der Waals surface area (Å²) in [7, 11) is 3.39. The number of aromatic nitrogens is 4. The van der Waals surface area contributed by atoms with E-state index in [4.69, 9.17) is 15.0 Å². The molecule has 2 aromatic carbocycles. The number of methoxy groups -OCH3 is 1. The standard InChI is InChI=1S/C25H28N8O3/c1-27-24-21(25-28-23(30-36-25)17-8-4-3-5-9-17)22(26)33(29-24)16-20(34)32-14-12-31(13-15-32)18-10-6-7-11-19(18)35-2/h3-11H,12-16,26H2,1-2H3,(H,27,29). The highest BCUT2D eigenvalue weighted by Gasteiger charge is 2.27. The van der Waals surface area contributed by atoms with Gasteiger partial charge in [0.15, 0.2) is 5.82 Å². The fourth-order valence-corrected chi connectivity index (χ4v) is 4.33. The molecule has 11 heteroatoms. The van der Waals surface area contributed by atoms with Gasteiger partial charge in [0.25, 0.3) is 5.89 Å². The maximum absolute atomic E-state index is 13.1. The number of hydrogen-bond donors (Lipinski definition) is 2. The predicted molar refractivity (Wildman–Crippen MR) is 137 cm³/mol. The Labute approximate surface area is 208 Å². The van der Waals surface area contributed by atoms with Crippen LogP contribution in [0.2, 0.25) is 0 Å². The summed E-state index contributed by atoms with van der Waals surface area (Å²) >= 11 is 0. The molecule has 1 saturated heterocycles. The van der Waals surface area contributed by atoms with Gasteiger partial charge in [-0.05, 0) is 12.1 Å². The zero-order chi connectivity index (χ0) is 25.1. The van der Waals surface area contributed by atoms with Crippen molar-refractivity contribution in [1.29, 1.82) is 0 Å². The molecule has 11 nitrogen and oxygen atoms in total. The summed E-state index contributed by atoms with van der Waals surface area (Å²) in [6.45, 7) is 2.60. The van der Waals surface area contributed by atoms with E-state index in [0.717, 1.165) is 17.0 Å². The van der Waals surface area contributed by atoms with Crippen LogP contribution in [0.4, 0.5) is 17.3 Å². The van der Waals surface area contributed by atoms with Crippen LogP contribution >= 0.6 is 0 Å². The topological polar surface area (TPSA) is 128 Å². The van der Waals surface area contributed by atoms with E-state index in [0.29, 0.717) is 43.4 Å². The molecule has 0 unspecified atom stereocenters. The Morgan fingerprint density at radius 3 is 2.53 bits per heavy atom. The van der Waals surface area contributed by atoms with Crippen LogP contribution in [0.25, 0.3) is 22.8 Å². The first kappa shape index (κ1) is 23.2. The van der Waals surface area contributed by atoms with Gasteiger partial charge in [-0.2, -0.15) is 10.1 Å². The first-order valence-corrected chi connectivity index (χ1v) is 11.7. The van der Waals surface area contributed by atoms with Gasteiger partial charge < -0.3 is 30.1 Å². The average molecular weight is 489 g/mol. The van der Waals surface area contributed by atoms with Crippen LogP contribution in [-0.4, -0.2) is 71.1 Å². The van der Waals surface area contributed by atoms with E-state index < -0.39 is 0 Å². The van der Waals surface area contributed by atoms with Gasteiger partial charge in [-0.3, -0.25) is 4.79 Å². The molecule has 0 aliphatic carbocycles. The van der Waals surface area contributed by atoms with Crippen LogP contribution in [0.5, 0.6) is 5.75 Å². The van der Waals surface area contributed by atoms with Gasteiger partial charge >= 0.3 is 0 Å². The summed E-state index contributed by atoms with van der Waals surface area (Å²) in [6.07, 6.45) is 0. The zero-order valence-corrected chi connectivity index (χ0v) is 20.2. The van der Waals surface area contributed by atoms with Crippen LogP contribution in [0.15, 0.2) is 59.1 Å². The minimum absolute atomic E-state index is 0.00878. The smallest absolute Gasteiger partial charge is 0.265 e. The van der Waals surface area contributed by atoms with Gasteiger partial charge in [0.1, 0.15) is 23.7 Å². The second-order valence-electron chi connectivity index (χ2n) is 8.35. The van der Waals surface area contributed by atoms with E-state index in [9.17, 15) is 4.79 Å². The number of rotatable bonds is 7. The van der Waals surface area contributed by atoms with Crippen molar-refractivity contribution in [3.05, 3.63) is 54.6 Å². The third kappa shape index (κ3) is 4.42. The van der Waals surface area contributed by atoms with E-state index in [1.807, 2.05) is 59.5 Å². The Morgan fingerprint density at radius 1 is 1.08 bits per heavy atom. The monoisotopic (exact) mass is 488 g/mol. The molecule has 0 bridgehead atoms. The zero-order valence-electron chi connectivity index (χ0n) is 20.2. The van der Waals surface area contributed by atoms with Crippen molar-refractivity contribution in [3.8, 4) is 28.6 Å². The molecule has 186 valence electrons. The van der Waals surface area contributed by atoms with Crippen LogP contribution in [0.1, 0.15) is 0 Å². The van der Waals surface area contributed by atoms with E-state index in [2.05, 4.69) is 25.5 Å². The van der Waals surface area contributed by atoms with Gasteiger partial charge in [-0.1, -0.05) is 47.6 Å². The van der Waals surface area contributed by atoms with E-state index in [-0.39, 0.29) is 24.2 Å². The van der Waals surface area contributed by atoms with E-state index >= 15 is 0 Å². The highest BCUT2D eigenvalue weighted by atomic mass is 16.5. The van der Waals surface area contributed by atoms with Gasteiger partial charge in [0, 0.05) is 38.8 Å². The molecule has 36 heavy (non-hydrogen) atoms. The second-order valence-corrected chi connectivity index (χ2v) is 8.35. The van der Waals surface area contributed by atoms with Crippen molar-refractivity contribution in [2.75, 3.05) is 56.3 Å². The Hall–Kier alpha value is -4.54. The number of hydrogen-bond acceptors (Lipinski definition) is 9. The number of benzene rings is 2. The lowest BCUT2D eigenvalue weighted by Gasteiger charge is -2.36. The lowest BCUT2D eigenvalue weighted by atomic mass is 10.2. The number of carbonyl (C=O) groups excluding carboxylic acids is 1. The largest absolute Gasteiger partial charge is 0.495 e. The van der Waals surface area contributed by atoms with Gasteiger partial charge in [-0.15, -0.1) is 0 Å². The van der Waals surface area contributed by atoms with E-state index in [1.165, 1.54) is 4.68 Å². The summed E-state index contributed by atoms with van der Waals surface area (Å²) < 4.78 is 12.4. The molecule has 2 aromatic heterocycles. The average Bonchev–Trinajstić information content (AvgIpc) is 3.53. The number of nitrogen functional groups attached to an aromatic ring is 1. The quantitative estimate of drug-likeness (QED) is 0.403. The summed E-state index contributed by atoms with van der Waals surface area (Å²) in [4.78, 5) is 21.7. The normalized spacial score (nSPS) is 13.6. The minimum Gasteiger partial charge on any atom is -0.495 e. The number of para-hydroxylation sites is 2. The molecule has 0 atom stereocenters. The van der Waals surface area contributed by atoms with Crippen molar-refractivity contribution in [3.63, 3.8) is 0 Å². The predicted octanol–water partition coefficient (Wildman–Crippen LogP) is 2.58. The number of amides is 1. The molecule has 1 aliphatic heterocycles. The number of carbonyl (C=O) groups is 1. The Morgan fingerprint density at radius 2 is 1.81 bits per heavy atom. The maximum atomic E-state index is 13.1. The molecule has 3 heterocycles. The minimum atomic E-state index is -0.0615. The van der Waals surface area contributed by atoms with Gasteiger partial charge in [0.05, 0.1) is 12.8 Å². The van der Waals surface area contributed by atoms with Crippen molar-refractivity contribution in [2.24, 2.45) is 0 Å². The first-order valence-electron chi connectivity index (χ1n) is 11.7.